The third-order valence-corrected chi connectivity index (χ3v) is 7.71. The zero-order chi connectivity index (χ0) is 22.1. The Morgan fingerprint density at radius 3 is 2.44 bits per heavy atom. The maximum atomic E-state index is 12.8. The number of carbonyl (C=O) groups is 3. The van der Waals surface area contributed by atoms with Crippen molar-refractivity contribution in [3.8, 4) is 0 Å². The lowest BCUT2D eigenvalue weighted by Crippen LogP contribution is -2.36. The van der Waals surface area contributed by atoms with E-state index in [0.29, 0.717) is 28.7 Å². The number of anilines is 1. The fourth-order valence-corrected chi connectivity index (χ4v) is 5.86. The highest BCUT2D eigenvalue weighted by Crippen LogP contribution is 2.35. The van der Waals surface area contributed by atoms with E-state index < -0.39 is 0 Å². The fourth-order valence-electron chi connectivity index (χ4n) is 4.61. The number of carbonyl (C=O) groups excluding carboxylic acids is 3. The van der Waals surface area contributed by atoms with Gasteiger partial charge in [0, 0.05) is 28.0 Å². The summed E-state index contributed by atoms with van der Waals surface area (Å²) in [5.41, 5.74) is 1.68. The Bertz CT molecular complexity index is 1040. The minimum absolute atomic E-state index is 0.102. The third-order valence-electron chi connectivity index (χ3n) is 6.36. The van der Waals surface area contributed by atoms with Crippen LogP contribution in [-0.2, 0) is 4.74 Å². The number of ether oxygens (including phenoxy) is 1. The normalized spacial score (nSPS) is 20.8. The number of hydrogen-bond donors (Lipinski definition) is 1. The summed E-state index contributed by atoms with van der Waals surface area (Å²) in [4.78, 5) is 40.7. The molecule has 1 saturated heterocycles. The van der Waals surface area contributed by atoms with E-state index in [-0.39, 0.29) is 35.9 Å². The summed E-state index contributed by atoms with van der Waals surface area (Å²) < 4.78 is 5.57. The summed E-state index contributed by atoms with van der Waals surface area (Å²) in [6.07, 6.45) is 6.85. The molecule has 2 aromatic carbocycles. The van der Waals surface area contributed by atoms with Crippen molar-refractivity contribution in [1.82, 2.24) is 4.90 Å². The average molecular weight is 451 g/mol. The number of imide groups is 1. The van der Waals surface area contributed by atoms with Crippen LogP contribution in [0.4, 0.5) is 5.69 Å². The molecule has 2 heterocycles. The Labute approximate surface area is 191 Å². The molecule has 32 heavy (non-hydrogen) atoms. The van der Waals surface area contributed by atoms with Crippen LogP contribution >= 0.6 is 11.8 Å². The quantitative estimate of drug-likeness (QED) is 0.643. The van der Waals surface area contributed by atoms with Crippen LogP contribution in [0.1, 0.15) is 69.6 Å². The molecule has 3 aliphatic rings. The summed E-state index contributed by atoms with van der Waals surface area (Å²) in [6.45, 7) is 0.928. The molecule has 0 spiro atoms. The number of fused-ring (bicyclic) bond motifs is 1. The lowest BCUT2D eigenvalue weighted by Gasteiger charge is -2.17. The number of rotatable bonds is 6. The number of thioether (sulfide) groups is 1. The molecule has 0 bridgehead atoms. The highest BCUT2D eigenvalue weighted by Gasteiger charge is 2.38. The highest BCUT2D eigenvalue weighted by molar-refractivity contribution is 8.00. The molecule has 3 amide bonds. The van der Waals surface area contributed by atoms with E-state index in [1.54, 1.807) is 12.1 Å². The van der Waals surface area contributed by atoms with Gasteiger partial charge in [0.15, 0.2) is 0 Å². The van der Waals surface area contributed by atoms with Crippen LogP contribution in [0.3, 0.4) is 0 Å². The van der Waals surface area contributed by atoms with Gasteiger partial charge in [-0.1, -0.05) is 12.8 Å². The first-order valence-electron chi connectivity index (χ1n) is 11.3. The van der Waals surface area contributed by atoms with Gasteiger partial charge in [-0.2, -0.15) is 0 Å². The topological polar surface area (TPSA) is 75.7 Å². The van der Waals surface area contributed by atoms with Crippen molar-refractivity contribution >= 4 is 35.2 Å². The smallest absolute Gasteiger partial charge is 0.261 e. The van der Waals surface area contributed by atoms with Crippen molar-refractivity contribution in [1.29, 1.82) is 0 Å². The summed E-state index contributed by atoms with van der Waals surface area (Å²) in [5, 5.41) is 3.58. The second kappa shape index (κ2) is 9.08. The molecule has 2 aliphatic heterocycles. The molecule has 1 aliphatic carbocycles. The number of amides is 3. The Morgan fingerprint density at radius 1 is 0.969 bits per heavy atom. The van der Waals surface area contributed by atoms with Crippen molar-refractivity contribution < 1.29 is 19.1 Å². The maximum Gasteiger partial charge on any atom is 0.261 e. The largest absolute Gasteiger partial charge is 0.376 e. The summed E-state index contributed by atoms with van der Waals surface area (Å²) in [6, 6.07) is 12.6. The predicted molar refractivity (Wildman–Crippen MR) is 123 cm³/mol. The molecule has 1 saturated carbocycles. The third kappa shape index (κ3) is 4.32. The summed E-state index contributed by atoms with van der Waals surface area (Å²) in [7, 11) is 0. The van der Waals surface area contributed by atoms with Crippen molar-refractivity contribution in [3.05, 3.63) is 59.2 Å². The maximum absolute atomic E-state index is 12.8. The van der Waals surface area contributed by atoms with Crippen molar-refractivity contribution in [2.75, 3.05) is 18.5 Å². The predicted octanol–water partition coefficient (Wildman–Crippen LogP) is 4.75. The van der Waals surface area contributed by atoms with Crippen LogP contribution in [0.25, 0.3) is 0 Å². The molecule has 0 radical (unpaired) electrons. The monoisotopic (exact) mass is 450 g/mol. The Morgan fingerprint density at radius 2 is 1.72 bits per heavy atom. The molecule has 1 unspecified atom stereocenters. The van der Waals surface area contributed by atoms with Gasteiger partial charge in [0.25, 0.3) is 17.7 Å². The standard InChI is InChI=1S/C25H26N2O4S/c28-23(26-17-8-10-20(11-9-17)32-19-5-1-2-6-19)16-7-12-21-22(14-16)25(30)27(24(21)29)15-18-4-3-13-31-18/h7-12,14,18-19H,1-6,13,15H2,(H,26,28). The molecule has 166 valence electrons. The Hall–Kier alpha value is -2.64. The van der Waals surface area contributed by atoms with E-state index in [2.05, 4.69) is 5.32 Å². The van der Waals surface area contributed by atoms with Gasteiger partial charge in [-0.15, -0.1) is 11.8 Å². The molecule has 1 atom stereocenters. The highest BCUT2D eigenvalue weighted by atomic mass is 32.2. The van der Waals surface area contributed by atoms with Crippen molar-refractivity contribution in [2.45, 2.75) is 54.8 Å². The summed E-state index contributed by atoms with van der Waals surface area (Å²) in [5.74, 6) is -0.979. The molecule has 5 rings (SSSR count). The summed E-state index contributed by atoms with van der Waals surface area (Å²) >= 11 is 1.90. The van der Waals surface area contributed by atoms with E-state index in [1.807, 2.05) is 36.0 Å². The minimum atomic E-state index is -0.358. The van der Waals surface area contributed by atoms with Gasteiger partial charge < -0.3 is 10.1 Å². The zero-order valence-electron chi connectivity index (χ0n) is 17.8. The van der Waals surface area contributed by atoms with E-state index in [1.165, 1.54) is 41.5 Å². The number of benzene rings is 2. The lowest BCUT2D eigenvalue weighted by molar-refractivity contribution is 0.0475. The van der Waals surface area contributed by atoms with Crippen LogP contribution in [0, 0.1) is 0 Å². The molecular formula is C25H26N2O4S. The van der Waals surface area contributed by atoms with Crippen molar-refractivity contribution in [2.24, 2.45) is 0 Å². The lowest BCUT2D eigenvalue weighted by atomic mass is 10.1. The average Bonchev–Trinajstić information content (AvgIpc) is 3.55. The molecule has 6 nitrogen and oxygen atoms in total. The molecular weight excluding hydrogens is 424 g/mol. The van der Waals surface area contributed by atoms with E-state index >= 15 is 0 Å². The van der Waals surface area contributed by atoms with Crippen LogP contribution < -0.4 is 5.32 Å². The van der Waals surface area contributed by atoms with Crippen LogP contribution in [0.2, 0.25) is 0 Å². The van der Waals surface area contributed by atoms with Crippen molar-refractivity contribution in [3.63, 3.8) is 0 Å². The van der Waals surface area contributed by atoms with E-state index in [0.717, 1.165) is 12.8 Å². The van der Waals surface area contributed by atoms with Gasteiger partial charge >= 0.3 is 0 Å². The Kier molecular flexibility index (Phi) is 6.02. The van der Waals surface area contributed by atoms with Gasteiger partial charge in [0.05, 0.1) is 23.8 Å². The van der Waals surface area contributed by atoms with Gasteiger partial charge in [-0.25, -0.2) is 0 Å². The first-order valence-corrected chi connectivity index (χ1v) is 12.2. The molecule has 2 aromatic rings. The molecule has 7 heteroatoms. The van der Waals surface area contributed by atoms with Gasteiger partial charge in [-0.05, 0) is 68.1 Å². The number of nitrogens with one attached hydrogen (secondary N) is 1. The minimum Gasteiger partial charge on any atom is -0.376 e. The van der Waals surface area contributed by atoms with E-state index in [4.69, 9.17) is 4.74 Å². The zero-order valence-corrected chi connectivity index (χ0v) is 18.7. The second-order valence-electron chi connectivity index (χ2n) is 8.62. The van der Waals surface area contributed by atoms with Gasteiger partial charge in [0.2, 0.25) is 0 Å². The first-order chi connectivity index (χ1) is 15.6. The number of nitrogens with zero attached hydrogens (tertiary/aromatic N) is 1. The molecule has 1 N–H and O–H groups in total. The SMILES string of the molecule is O=C(Nc1ccc(SC2CCCC2)cc1)c1ccc2c(c1)C(=O)N(CC1CCCO1)C2=O. The van der Waals surface area contributed by atoms with Gasteiger partial charge in [0.1, 0.15) is 0 Å². The van der Waals surface area contributed by atoms with Crippen LogP contribution in [0.15, 0.2) is 47.4 Å². The Balaban J connectivity index is 1.25. The molecule has 2 fully saturated rings. The van der Waals surface area contributed by atoms with Crippen LogP contribution in [-0.4, -0.2) is 47.1 Å². The number of hydrogen-bond acceptors (Lipinski definition) is 5. The van der Waals surface area contributed by atoms with Gasteiger partial charge in [-0.3, -0.25) is 19.3 Å². The molecule has 0 aromatic heterocycles. The second-order valence-corrected chi connectivity index (χ2v) is 9.99. The van der Waals surface area contributed by atoms with Crippen LogP contribution in [0.5, 0.6) is 0 Å². The van der Waals surface area contributed by atoms with E-state index in [9.17, 15) is 14.4 Å². The first kappa shape index (κ1) is 21.2. The fraction of sp³-hybridized carbons (Fsp3) is 0.400.